The second-order valence-corrected chi connectivity index (χ2v) is 16.7. The molecule has 0 rings (SSSR count). The molecular weight excluding hydrogens is 685 g/mol. The molecule has 0 amide bonds. The van der Waals surface area contributed by atoms with Crippen LogP contribution in [0.3, 0.4) is 0 Å². The lowest BCUT2D eigenvalue weighted by Crippen LogP contribution is -2.30. The molecule has 326 valence electrons. The summed E-state index contributed by atoms with van der Waals surface area (Å²) in [7, 11) is 0. The number of hydrogen-bond donors (Lipinski definition) is 0. The average Bonchev–Trinajstić information content (AvgIpc) is 3.18. The fourth-order valence-corrected chi connectivity index (χ4v) is 7.38. The van der Waals surface area contributed by atoms with Gasteiger partial charge in [-0.2, -0.15) is 0 Å². The Morgan fingerprint density at radius 1 is 0.291 bits per heavy atom. The number of esters is 3. The molecule has 1 atom stereocenters. The van der Waals surface area contributed by atoms with Crippen LogP contribution >= 0.6 is 0 Å². The minimum Gasteiger partial charge on any atom is -0.462 e. The lowest BCUT2D eigenvalue weighted by Gasteiger charge is -2.18. The van der Waals surface area contributed by atoms with E-state index in [4.69, 9.17) is 14.2 Å². The average molecular weight is 779 g/mol. The van der Waals surface area contributed by atoms with Gasteiger partial charge < -0.3 is 14.2 Å². The predicted molar refractivity (Wildman–Crippen MR) is 233 cm³/mol. The van der Waals surface area contributed by atoms with E-state index in [1.165, 1.54) is 173 Å². The molecule has 6 heteroatoms. The van der Waals surface area contributed by atoms with Gasteiger partial charge in [-0.05, 0) is 19.3 Å². The van der Waals surface area contributed by atoms with Crippen molar-refractivity contribution < 1.29 is 28.6 Å². The predicted octanol–water partition coefficient (Wildman–Crippen LogP) is 15.6. The van der Waals surface area contributed by atoms with Crippen LogP contribution in [0.1, 0.15) is 278 Å². The van der Waals surface area contributed by atoms with Crippen LogP contribution in [-0.4, -0.2) is 37.2 Å². The van der Waals surface area contributed by atoms with Gasteiger partial charge in [-0.1, -0.05) is 239 Å². The first kappa shape index (κ1) is 53.4. The van der Waals surface area contributed by atoms with Crippen molar-refractivity contribution in [3.63, 3.8) is 0 Å². The minimum absolute atomic E-state index is 0.0633. The van der Waals surface area contributed by atoms with E-state index in [0.717, 1.165) is 64.2 Å². The normalized spacial score (nSPS) is 11.8. The van der Waals surface area contributed by atoms with E-state index in [2.05, 4.69) is 20.8 Å². The van der Waals surface area contributed by atoms with Gasteiger partial charge in [0.15, 0.2) is 6.10 Å². The highest BCUT2D eigenvalue weighted by Crippen LogP contribution is 2.16. The van der Waals surface area contributed by atoms with E-state index in [-0.39, 0.29) is 31.1 Å². The molecule has 6 nitrogen and oxygen atoms in total. The third kappa shape index (κ3) is 43.4. The zero-order valence-corrected chi connectivity index (χ0v) is 37.2. The zero-order valence-electron chi connectivity index (χ0n) is 37.2. The first-order valence-corrected chi connectivity index (χ1v) is 24.5. The van der Waals surface area contributed by atoms with Crippen molar-refractivity contribution in [1.82, 2.24) is 0 Å². The number of rotatable bonds is 45. The Morgan fingerprint density at radius 3 is 0.727 bits per heavy atom. The summed E-state index contributed by atoms with van der Waals surface area (Å²) < 4.78 is 16.7. The molecule has 0 N–H and O–H groups in total. The molecule has 0 aromatic heterocycles. The second-order valence-electron chi connectivity index (χ2n) is 16.7. The molecule has 0 fully saturated rings. The summed E-state index contributed by atoms with van der Waals surface area (Å²) in [5.74, 6) is -0.860. The summed E-state index contributed by atoms with van der Waals surface area (Å²) in [6, 6.07) is 0. The van der Waals surface area contributed by atoms with Crippen LogP contribution in [0.4, 0.5) is 0 Å². The molecule has 0 saturated carbocycles. The van der Waals surface area contributed by atoms with Crippen LogP contribution in [0.25, 0.3) is 0 Å². The van der Waals surface area contributed by atoms with Crippen molar-refractivity contribution in [1.29, 1.82) is 0 Å². The Kier molecular flexibility index (Phi) is 43.8. The molecule has 0 radical (unpaired) electrons. The fourth-order valence-electron chi connectivity index (χ4n) is 7.38. The summed E-state index contributed by atoms with van der Waals surface area (Å²) in [6.07, 6.45) is 46.9. The third-order valence-corrected chi connectivity index (χ3v) is 11.1. The quantitative estimate of drug-likeness (QED) is 0.0348. The standard InChI is InChI=1S/C49H94O6/c1-4-7-10-13-15-17-19-21-23-25-27-29-31-33-36-39-42-48(51)54-45-46(44-53-47(50)41-38-35-12-9-6-3)55-49(52)43-40-37-34-32-30-28-26-24-22-20-18-16-14-11-8-5-2/h46H,4-45H2,1-3H3. The van der Waals surface area contributed by atoms with Crippen molar-refractivity contribution >= 4 is 17.9 Å². The highest BCUT2D eigenvalue weighted by atomic mass is 16.6. The van der Waals surface area contributed by atoms with E-state index < -0.39 is 6.10 Å². The smallest absolute Gasteiger partial charge is 0.306 e. The lowest BCUT2D eigenvalue weighted by molar-refractivity contribution is -0.167. The van der Waals surface area contributed by atoms with Gasteiger partial charge in [0, 0.05) is 19.3 Å². The van der Waals surface area contributed by atoms with Crippen molar-refractivity contribution in [3.05, 3.63) is 0 Å². The molecule has 1 unspecified atom stereocenters. The van der Waals surface area contributed by atoms with E-state index >= 15 is 0 Å². The number of carbonyl (C=O) groups is 3. The van der Waals surface area contributed by atoms with Crippen LogP contribution in [0.2, 0.25) is 0 Å². The van der Waals surface area contributed by atoms with Gasteiger partial charge in [0.05, 0.1) is 0 Å². The van der Waals surface area contributed by atoms with E-state index in [1.807, 2.05) is 0 Å². The monoisotopic (exact) mass is 779 g/mol. The summed E-state index contributed by atoms with van der Waals surface area (Å²) in [5, 5.41) is 0. The van der Waals surface area contributed by atoms with Gasteiger partial charge >= 0.3 is 17.9 Å². The Bertz CT molecular complexity index is 813. The SMILES string of the molecule is CCCCCCCCCCCCCCCCCCC(=O)OCC(COC(=O)CCCCCCC)OC(=O)CCCCCCCCCCCCCCCCCC. The highest BCUT2D eigenvalue weighted by molar-refractivity contribution is 5.71. The van der Waals surface area contributed by atoms with Crippen LogP contribution in [0, 0.1) is 0 Å². The second kappa shape index (κ2) is 45.1. The number of unbranched alkanes of at least 4 members (excludes halogenated alkanes) is 34. The molecule has 0 heterocycles. The zero-order chi connectivity index (χ0) is 40.1. The van der Waals surface area contributed by atoms with Gasteiger partial charge in [-0.25, -0.2) is 0 Å². The molecule has 0 aliphatic carbocycles. The largest absolute Gasteiger partial charge is 0.462 e. The maximum absolute atomic E-state index is 12.7. The Hall–Kier alpha value is -1.59. The van der Waals surface area contributed by atoms with Crippen molar-refractivity contribution in [3.8, 4) is 0 Å². The summed E-state index contributed by atoms with van der Waals surface area (Å²) in [5.41, 5.74) is 0. The van der Waals surface area contributed by atoms with Crippen molar-refractivity contribution in [2.24, 2.45) is 0 Å². The Labute approximate surface area is 342 Å². The molecule has 0 aliphatic rings. The van der Waals surface area contributed by atoms with Gasteiger partial charge in [-0.3, -0.25) is 14.4 Å². The molecule has 0 bridgehead atoms. The molecule has 0 aromatic carbocycles. The minimum atomic E-state index is -0.757. The topological polar surface area (TPSA) is 78.9 Å². The van der Waals surface area contributed by atoms with E-state index in [0.29, 0.717) is 19.3 Å². The summed E-state index contributed by atoms with van der Waals surface area (Å²) in [6.45, 7) is 6.59. The molecular formula is C49H94O6. The maximum Gasteiger partial charge on any atom is 0.306 e. The van der Waals surface area contributed by atoms with Crippen LogP contribution < -0.4 is 0 Å². The number of carbonyl (C=O) groups excluding carboxylic acids is 3. The first-order chi connectivity index (χ1) is 27.0. The van der Waals surface area contributed by atoms with Gasteiger partial charge in [0.25, 0.3) is 0 Å². The molecule has 55 heavy (non-hydrogen) atoms. The summed E-state index contributed by atoms with van der Waals surface area (Å²) >= 11 is 0. The van der Waals surface area contributed by atoms with Gasteiger partial charge in [0.1, 0.15) is 13.2 Å². The highest BCUT2D eigenvalue weighted by Gasteiger charge is 2.19. The Balaban J connectivity index is 4.13. The molecule has 0 aliphatic heterocycles. The Morgan fingerprint density at radius 2 is 0.491 bits per heavy atom. The number of hydrogen-bond acceptors (Lipinski definition) is 6. The van der Waals surface area contributed by atoms with Crippen molar-refractivity contribution in [2.75, 3.05) is 13.2 Å². The van der Waals surface area contributed by atoms with Crippen LogP contribution in [-0.2, 0) is 28.6 Å². The fraction of sp³-hybridized carbons (Fsp3) is 0.939. The molecule has 0 saturated heterocycles. The van der Waals surface area contributed by atoms with Gasteiger partial charge in [0.2, 0.25) is 0 Å². The van der Waals surface area contributed by atoms with Crippen LogP contribution in [0.15, 0.2) is 0 Å². The van der Waals surface area contributed by atoms with E-state index in [9.17, 15) is 14.4 Å². The molecule has 0 aromatic rings. The molecule has 0 spiro atoms. The van der Waals surface area contributed by atoms with Gasteiger partial charge in [-0.15, -0.1) is 0 Å². The number of ether oxygens (including phenoxy) is 3. The van der Waals surface area contributed by atoms with E-state index in [1.54, 1.807) is 0 Å². The van der Waals surface area contributed by atoms with Crippen molar-refractivity contribution in [2.45, 2.75) is 284 Å². The van der Waals surface area contributed by atoms with Crippen LogP contribution in [0.5, 0.6) is 0 Å². The third-order valence-electron chi connectivity index (χ3n) is 11.1. The maximum atomic E-state index is 12.7. The first-order valence-electron chi connectivity index (χ1n) is 24.5. The summed E-state index contributed by atoms with van der Waals surface area (Å²) in [4.78, 5) is 37.6. The lowest BCUT2D eigenvalue weighted by atomic mass is 10.0.